The van der Waals surface area contributed by atoms with Gasteiger partial charge in [-0.2, -0.15) is 0 Å². The minimum Gasteiger partial charge on any atom is -0.480 e. The van der Waals surface area contributed by atoms with Gasteiger partial charge in [-0.05, 0) is 32.3 Å². The molecular weight excluding hydrogens is 234 g/mol. The summed E-state index contributed by atoms with van der Waals surface area (Å²) in [7, 11) is 1.56. The number of hydrogen-bond donors (Lipinski definition) is 3. The van der Waals surface area contributed by atoms with E-state index in [1.807, 2.05) is 0 Å². The predicted molar refractivity (Wildman–Crippen MR) is 71.6 cm³/mol. The maximum Gasteiger partial charge on any atom is 0.327 e. The number of nitrogens with zero attached hydrogens (tertiary/aromatic N) is 1. The molecule has 0 spiro atoms. The summed E-state index contributed by atoms with van der Waals surface area (Å²) in [5, 5.41) is 8.95. The third-order valence-corrected chi connectivity index (χ3v) is 2.31. The first kappa shape index (κ1) is 16.6. The number of nitrogens with two attached hydrogens (primary N) is 2. The van der Waals surface area contributed by atoms with E-state index in [4.69, 9.17) is 21.3 Å². The van der Waals surface area contributed by atoms with Gasteiger partial charge in [-0.25, -0.2) is 4.79 Å². The van der Waals surface area contributed by atoms with Crippen LogP contribution in [0.1, 0.15) is 26.7 Å². The van der Waals surface area contributed by atoms with Gasteiger partial charge in [-0.15, -0.1) is 0 Å². The molecule has 1 unspecified atom stereocenters. The number of methoxy groups -OCH3 is 1. The van der Waals surface area contributed by atoms with E-state index >= 15 is 0 Å². The molecule has 0 amide bonds. The van der Waals surface area contributed by atoms with Crippen molar-refractivity contribution in [2.24, 2.45) is 16.5 Å². The van der Waals surface area contributed by atoms with Crippen molar-refractivity contribution in [1.82, 2.24) is 0 Å². The maximum absolute atomic E-state index is 10.9. The topological polar surface area (TPSA) is 111 Å². The monoisotopic (exact) mass is 257 g/mol. The third-order valence-electron chi connectivity index (χ3n) is 2.31. The number of ether oxygens (including phenoxy) is 1. The smallest absolute Gasteiger partial charge is 0.327 e. The van der Waals surface area contributed by atoms with Gasteiger partial charge in [0.1, 0.15) is 5.54 Å². The Kier molecular flexibility index (Phi) is 7.23. The standard InChI is InChI=1S/C12H23N3O3/c1-9(13)15-6-4-5-10(8-18-3)7-12(2,14)11(16)17/h7H,4-6,8,14H2,1-3H3,(H2,13,15)(H,16,17)/b10-7-. The highest BCUT2D eigenvalue weighted by molar-refractivity contribution is 5.80. The van der Waals surface area contributed by atoms with E-state index in [1.54, 1.807) is 14.0 Å². The van der Waals surface area contributed by atoms with Crippen molar-refractivity contribution >= 4 is 11.8 Å². The molecule has 0 aromatic rings. The minimum absolute atomic E-state index is 0.366. The summed E-state index contributed by atoms with van der Waals surface area (Å²) < 4.78 is 5.03. The molecule has 18 heavy (non-hydrogen) atoms. The lowest BCUT2D eigenvalue weighted by Crippen LogP contribution is -2.43. The summed E-state index contributed by atoms with van der Waals surface area (Å²) in [6.07, 6.45) is 3.00. The van der Waals surface area contributed by atoms with E-state index in [1.165, 1.54) is 13.0 Å². The van der Waals surface area contributed by atoms with Crippen molar-refractivity contribution in [1.29, 1.82) is 0 Å². The van der Waals surface area contributed by atoms with Gasteiger partial charge in [-0.3, -0.25) is 4.99 Å². The molecule has 6 nitrogen and oxygen atoms in total. The Morgan fingerprint density at radius 1 is 1.56 bits per heavy atom. The van der Waals surface area contributed by atoms with Crippen LogP contribution in [0.25, 0.3) is 0 Å². The summed E-state index contributed by atoms with van der Waals surface area (Å²) in [5.41, 5.74) is 10.6. The zero-order chi connectivity index (χ0) is 14.2. The fraction of sp³-hybridized carbons (Fsp3) is 0.667. The van der Waals surface area contributed by atoms with E-state index in [-0.39, 0.29) is 0 Å². The molecular formula is C12H23N3O3. The van der Waals surface area contributed by atoms with Gasteiger partial charge in [0.25, 0.3) is 0 Å². The average Bonchev–Trinajstić information content (AvgIpc) is 2.23. The molecule has 0 aliphatic rings. The molecule has 104 valence electrons. The highest BCUT2D eigenvalue weighted by Crippen LogP contribution is 2.12. The second kappa shape index (κ2) is 7.84. The van der Waals surface area contributed by atoms with Gasteiger partial charge in [0.05, 0.1) is 12.4 Å². The van der Waals surface area contributed by atoms with Crippen molar-refractivity contribution in [2.75, 3.05) is 20.3 Å². The van der Waals surface area contributed by atoms with E-state index in [0.717, 1.165) is 12.0 Å². The van der Waals surface area contributed by atoms with Crippen LogP contribution in [-0.2, 0) is 9.53 Å². The lowest BCUT2D eigenvalue weighted by atomic mass is 9.98. The molecule has 1 atom stereocenters. The van der Waals surface area contributed by atoms with Crippen LogP contribution in [0.5, 0.6) is 0 Å². The van der Waals surface area contributed by atoms with Gasteiger partial charge < -0.3 is 21.3 Å². The van der Waals surface area contributed by atoms with Crippen LogP contribution in [0.3, 0.4) is 0 Å². The summed E-state index contributed by atoms with van der Waals surface area (Å²) in [5.74, 6) is -0.520. The van der Waals surface area contributed by atoms with Crippen LogP contribution < -0.4 is 11.5 Å². The first-order chi connectivity index (χ1) is 8.29. The third kappa shape index (κ3) is 7.03. The normalized spacial score (nSPS) is 16.4. The van der Waals surface area contributed by atoms with Gasteiger partial charge >= 0.3 is 5.97 Å². The first-order valence-corrected chi connectivity index (χ1v) is 5.78. The number of amidine groups is 1. The second-order valence-corrected chi connectivity index (χ2v) is 4.45. The molecule has 6 heteroatoms. The summed E-state index contributed by atoms with van der Waals surface area (Å²) in [4.78, 5) is 15.0. The molecule has 0 aliphatic heterocycles. The molecule has 0 aromatic carbocycles. The van der Waals surface area contributed by atoms with Gasteiger partial charge in [0, 0.05) is 13.7 Å². The summed E-state index contributed by atoms with van der Waals surface area (Å²) in [6, 6.07) is 0. The van der Waals surface area contributed by atoms with E-state index < -0.39 is 11.5 Å². The first-order valence-electron chi connectivity index (χ1n) is 5.78. The summed E-state index contributed by atoms with van der Waals surface area (Å²) >= 11 is 0. The van der Waals surface area contributed by atoms with Crippen molar-refractivity contribution < 1.29 is 14.6 Å². The Morgan fingerprint density at radius 3 is 2.61 bits per heavy atom. The second-order valence-electron chi connectivity index (χ2n) is 4.45. The molecule has 0 heterocycles. The minimum atomic E-state index is -1.37. The van der Waals surface area contributed by atoms with Crippen LogP contribution in [0.4, 0.5) is 0 Å². The fourth-order valence-electron chi connectivity index (χ4n) is 1.42. The number of rotatable bonds is 8. The molecule has 0 saturated carbocycles. The number of hydrogen-bond acceptors (Lipinski definition) is 4. The largest absolute Gasteiger partial charge is 0.480 e. The predicted octanol–water partition coefficient (Wildman–Crippen LogP) is 0.519. The van der Waals surface area contributed by atoms with Crippen LogP contribution in [0.2, 0.25) is 0 Å². The maximum atomic E-state index is 10.9. The SMILES string of the molecule is COC/C(=C\C(C)(N)C(=O)O)CCCN=C(C)N. The summed E-state index contributed by atoms with van der Waals surface area (Å²) in [6.45, 7) is 4.16. The molecule has 0 fully saturated rings. The molecule has 0 aliphatic carbocycles. The Labute approximate surface area is 108 Å². The number of carboxylic acids is 1. The van der Waals surface area contributed by atoms with Crippen molar-refractivity contribution in [3.05, 3.63) is 11.6 Å². The van der Waals surface area contributed by atoms with Crippen LogP contribution in [-0.4, -0.2) is 42.7 Å². The van der Waals surface area contributed by atoms with Crippen molar-refractivity contribution in [3.63, 3.8) is 0 Å². The highest BCUT2D eigenvalue weighted by atomic mass is 16.5. The number of aliphatic carboxylic acids is 1. The number of carbonyl (C=O) groups is 1. The molecule has 0 bridgehead atoms. The van der Waals surface area contributed by atoms with Crippen LogP contribution in [0, 0.1) is 0 Å². The van der Waals surface area contributed by atoms with Crippen molar-refractivity contribution in [2.45, 2.75) is 32.2 Å². The molecule has 0 saturated heterocycles. The van der Waals surface area contributed by atoms with E-state index in [9.17, 15) is 4.79 Å². The number of aliphatic imine (C=N–C) groups is 1. The Morgan fingerprint density at radius 2 is 2.17 bits per heavy atom. The molecule has 0 rings (SSSR count). The van der Waals surface area contributed by atoms with Gasteiger partial charge in [0.2, 0.25) is 0 Å². The molecule has 0 radical (unpaired) electrons. The zero-order valence-corrected chi connectivity index (χ0v) is 11.3. The molecule has 5 N–H and O–H groups in total. The average molecular weight is 257 g/mol. The lowest BCUT2D eigenvalue weighted by molar-refractivity contribution is -0.140. The highest BCUT2D eigenvalue weighted by Gasteiger charge is 2.25. The lowest BCUT2D eigenvalue weighted by Gasteiger charge is -2.17. The number of carboxylic acid groups (broad SMARTS) is 1. The van der Waals surface area contributed by atoms with E-state index in [0.29, 0.717) is 25.4 Å². The van der Waals surface area contributed by atoms with Crippen LogP contribution in [0.15, 0.2) is 16.6 Å². The fourth-order valence-corrected chi connectivity index (χ4v) is 1.42. The Bertz CT molecular complexity index is 331. The zero-order valence-electron chi connectivity index (χ0n) is 11.3. The van der Waals surface area contributed by atoms with Crippen molar-refractivity contribution in [3.8, 4) is 0 Å². The van der Waals surface area contributed by atoms with E-state index in [2.05, 4.69) is 4.99 Å². The quantitative estimate of drug-likeness (QED) is 0.254. The Balaban J connectivity index is 4.52. The van der Waals surface area contributed by atoms with Gasteiger partial charge in [-0.1, -0.05) is 6.08 Å². The van der Waals surface area contributed by atoms with Gasteiger partial charge in [0.15, 0.2) is 0 Å². The molecule has 0 aromatic heterocycles. The van der Waals surface area contributed by atoms with Crippen LogP contribution >= 0.6 is 0 Å². The Hall–Kier alpha value is -1.40.